The highest BCUT2D eigenvalue weighted by atomic mass is 16.3. The Morgan fingerprint density at radius 3 is 1.67 bits per heavy atom. The molecular formula is C44H28O. The Labute approximate surface area is 282 Å². The lowest BCUT2D eigenvalue weighted by molar-refractivity contribution is 0.670. The zero-order valence-corrected chi connectivity index (χ0v) is 23.4. The van der Waals surface area contributed by atoms with Crippen LogP contribution in [0.1, 0.15) is 20.6 Å². The maximum absolute atomic E-state index is 9.94. The summed E-state index contributed by atoms with van der Waals surface area (Å²) in [5.74, 6) is 0. The van der Waals surface area contributed by atoms with E-state index in [-0.39, 0.29) is 67.9 Å². The van der Waals surface area contributed by atoms with Crippen LogP contribution in [0.5, 0.6) is 0 Å². The van der Waals surface area contributed by atoms with Crippen LogP contribution in [-0.2, 0) is 0 Å². The number of para-hydroxylation sites is 1. The van der Waals surface area contributed by atoms with E-state index >= 15 is 0 Å². The Bertz CT molecular complexity index is 3290. The Morgan fingerprint density at radius 2 is 0.956 bits per heavy atom. The first-order chi connectivity index (χ1) is 28.6. The largest absolute Gasteiger partial charge is 0.455 e. The van der Waals surface area contributed by atoms with Gasteiger partial charge < -0.3 is 4.42 Å². The van der Waals surface area contributed by atoms with E-state index in [1.807, 2.05) is 0 Å². The van der Waals surface area contributed by atoms with Crippen molar-refractivity contribution < 1.29 is 25.0 Å². The quantitative estimate of drug-likeness (QED) is 0.187. The topological polar surface area (TPSA) is 13.1 Å². The lowest BCUT2D eigenvalue weighted by Gasteiger charge is -2.20. The summed E-state index contributed by atoms with van der Waals surface area (Å²) < 4.78 is 140. The van der Waals surface area contributed by atoms with Crippen LogP contribution in [0, 0.1) is 0 Å². The van der Waals surface area contributed by atoms with Crippen LogP contribution in [-0.4, -0.2) is 0 Å². The second-order valence-electron chi connectivity index (χ2n) is 10.5. The molecule has 0 aliphatic heterocycles. The van der Waals surface area contributed by atoms with E-state index in [4.69, 9.17) is 20.9 Å². The number of rotatable bonds is 4. The molecule has 0 radical (unpaired) electrons. The second-order valence-corrected chi connectivity index (χ2v) is 10.5. The molecule has 0 aliphatic carbocycles. The minimum atomic E-state index is -0.697. The second kappa shape index (κ2) is 10.4. The molecule has 1 heteroatoms. The van der Waals surface area contributed by atoms with Crippen LogP contribution < -0.4 is 0 Å². The third-order valence-electron chi connectivity index (χ3n) is 7.99. The first-order valence-corrected chi connectivity index (χ1v) is 14.2. The lowest BCUT2D eigenvalue weighted by Crippen LogP contribution is -1.93. The molecule has 210 valence electrons. The van der Waals surface area contributed by atoms with Gasteiger partial charge in [0.2, 0.25) is 0 Å². The van der Waals surface area contributed by atoms with Crippen LogP contribution in [0.15, 0.2) is 174 Å². The molecule has 0 atom stereocenters. The predicted molar refractivity (Wildman–Crippen MR) is 190 cm³/mol. The van der Waals surface area contributed by atoms with Gasteiger partial charge in [-0.25, -0.2) is 0 Å². The third kappa shape index (κ3) is 4.09. The number of fused-ring (bicyclic) bond motifs is 5. The molecule has 1 aromatic heterocycles. The van der Waals surface area contributed by atoms with Crippen molar-refractivity contribution in [2.75, 3.05) is 0 Å². The van der Waals surface area contributed by atoms with Crippen LogP contribution in [0.25, 0.3) is 88.0 Å². The Morgan fingerprint density at radius 1 is 0.378 bits per heavy atom. The Kier molecular flexibility index (Phi) is 3.39. The fraction of sp³-hybridized carbons (Fsp3) is 0. The molecule has 0 spiro atoms. The summed E-state index contributed by atoms with van der Waals surface area (Å²) in [6.45, 7) is 0. The van der Waals surface area contributed by atoms with Crippen LogP contribution >= 0.6 is 0 Å². The molecule has 1 nitrogen and oxygen atoms in total. The van der Waals surface area contributed by atoms with Crippen molar-refractivity contribution in [1.82, 2.24) is 0 Å². The van der Waals surface area contributed by atoms with Gasteiger partial charge in [0.1, 0.15) is 11.2 Å². The van der Waals surface area contributed by atoms with Gasteiger partial charge in [-0.05, 0) is 78.6 Å². The molecule has 8 aromatic carbocycles. The molecule has 0 aliphatic rings. The van der Waals surface area contributed by atoms with Crippen molar-refractivity contribution in [3.05, 3.63) is 169 Å². The van der Waals surface area contributed by atoms with Gasteiger partial charge in [-0.3, -0.25) is 0 Å². The van der Waals surface area contributed by atoms with Gasteiger partial charge in [-0.2, -0.15) is 0 Å². The van der Waals surface area contributed by atoms with Gasteiger partial charge in [-0.15, -0.1) is 0 Å². The number of furan rings is 1. The standard InChI is InChI=1S/C44H28O/c1-3-15-29(16-4-1)32-19-7-8-21-34(32)43-37-24-11-9-22-35(37)42(36-23-10-12-25-38(36)43)31-27-39(30-17-5-2-6-18-30)44-40(28-31)33-20-13-14-26-41(33)45-44/h1-28H/i2D,5D,6D,7D,8D,13D,14D,17D,18D,19D,20D,21D,26D,27D,28D. The highest BCUT2D eigenvalue weighted by Crippen LogP contribution is 2.48. The van der Waals surface area contributed by atoms with Crippen molar-refractivity contribution in [3.63, 3.8) is 0 Å². The Hall–Kier alpha value is -5.92. The van der Waals surface area contributed by atoms with Crippen LogP contribution in [0.4, 0.5) is 0 Å². The zero-order chi connectivity index (χ0) is 42.8. The highest BCUT2D eigenvalue weighted by molar-refractivity contribution is 6.23. The van der Waals surface area contributed by atoms with E-state index in [9.17, 15) is 4.11 Å². The summed E-state index contributed by atoms with van der Waals surface area (Å²) in [6.07, 6.45) is 0. The van der Waals surface area contributed by atoms with Crippen molar-refractivity contribution in [3.8, 4) is 44.5 Å². The molecule has 0 N–H and O–H groups in total. The van der Waals surface area contributed by atoms with E-state index in [1.54, 1.807) is 78.9 Å². The molecule has 9 aromatic rings. The molecule has 0 fully saturated rings. The predicted octanol–water partition coefficient (Wildman–Crippen LogP) is 12.6. The van der Waals surface area contributed by atoms with Gasteiger partial charge >= 0.3 is 0 Å². The summed E-state index contributed by atoms with van der Waals surface area (Å²) in [7, 11) is 0. The zero-order valence-electron chi connectivity index (χ0n) is 38.4. The van der Waals surface area contributed by atoms with E-state index in [1.165, 1.54) is 0 Å². The monoisotopic (exact) mass is 587 g/mol. The van der Waals surface area contributed by atoms with Crippen molar-refractivity contribution in [2.45, 2.75) is 0 Å². The Balaban J connectivity index is 1.54. The fourth-order valence-corrected chi connectivity index (χ4v) is 6.12. The molecule has 0 saturated heterocycles. The van der Waals surface area contributed by atoms with E-state index in [0.717, 1.165) is 0 Å². The SMILES string of the molecule is [2H]c1c([2H])c([2H])c(-c2c([2H])c(-c3c4ccccc4c(-c4c([2H])c([2H])c([2H])c([2H])c4-c4ccccc4)c4ccccc34)c([2H])c3c2oc2c([2H])c([2H])c([2H])c([2H])c23)c([2H])c1[2H]. The first kappa shape index (κ1) is 14.7. The summed E-state index contributed by atoms with van der Waals surface area (Å²) in [5, 5.41) is 1.48. The molecule has 1 heterocycles. The van der Waals surface area contributed by atoms with Crippen molar-refractivity contribution in [1.29, 1.82) is 0 Å². The molecule has 9 rings (SSSR count). The van der Waals surface area contributed by atoms with E-state index in [2.05, 4.69) is 0 Å². The summed E-state index contributed by atoms with van der Waals surface area (Å²) in [4.78, 5) is 0. The third-order valence-corrected chi connectivity index (χ3v) is 7.99. The lowest BCUT2D eigenvalue weighted by atomic mass is 9.83. The first-order valence-electron chi connectivity index (χ1n) is 21.7. The van der Waals surface area contributed by atoms with E-state index < -0.39 is 78.1 Å². The molecular weight excluding hydrogens is 544 g/mol. The minimum absolute atomic E-state index is 0.100. The molecule has 45 heavy (non-hydrogen) atoms. The van der Waals surface area contributed by atoms with E-state index in [0.29, 0.717) is 32.7 Å². The molecule has 0 bridgehead atoms. The summed E-state index contributed by atoms with van der Waals surface area (Å²) in [5.41, 5.74) is 0.244. The van der Waals surface area contributed by atoms with Gasteiger partial charge in [0.15, 0.2) is 0 Å². The van der Waals surface area contributed by atoms with Crippen molar-refractivity contribution in [2.24, 2.45) is 0 Å². The maximum atomic E-state index is 9.94. The summed E-state index contributed by atoms with van der Waals surface area (Å²) >= 11 is 0. The number of benzene rings is 8. The fourth-order valence-electron chi connectivity index (χ4n) is 6.12. The number of hydrogen-bond acceptors (Lipinski definition) is 1. The average molecular weight is 588 g/mol. The molecule has 0 unspecified atom stereocenters. The van der Waals surface area contributed by atoms with Crippen LogP contribution in [0.2, 0.25) is 0 Å². The van der Waals surface area contributed by atoms with Gasteiger partial charge in [-0.1, -0.05) is 151 Å². The maximum Gasteiger partial charge on any atom is 0.143 e. The highest BCUT2D eigenvalue weighted by Gasteiger charge is 2.21. The normalized spacial score (nSPS) is 16.2. The van der Waals surface area contributed by atoms with Crippen molar-refractivity contribution >= 4 is 43.5 Å². The van der Waals surface area contributed by atoms with Gasteiger partial charge in [0, 0.05) is 16.3 Å². The smallest absolute Gasteiger partial charge is 0.143 e. The minimum Gasteiger partial charge on any atom is -0.455 e. The average Bonchev–Trinajstić information content (AvgIpc) is 3.66. The van der Waals surface area contributed by atoms with Gasteiger partial charge in [0.25, 0.3) is 0 Å². The number of hydrogen-bond donors (Lipinski definition) is 0. The molecule has 0 saturated carbocycles. The summed E-state index contributed by atoms with van der Waals surface area (Å²) in [6, 6.07) is 14.8. The molecule has 0 amide bonds. The van der Waals surface area contributed by atoms with Gasteiger partial charge in [0.05, 0.1) is 20.6 Å². The van der Waals surface area contributed by atoms with Crippen LogP contribution in [0.3, 0.4) is 0 Å².